The molecule has 0 unspecified atom stereocenters. The number of rotatable bonds is 3. The van der Waals surface area contributed by atoms with Crippen LogP contribution in [0.25, 0.3) is 11.1 Å². The van der Waals surface area contributed by atoms with Crippen molar-refractivity contribution in [3.05, 3.63) is 40.9 Å². The number of sulfonamides is 1. The van der Waals surface area contributed by atoms with Crippen molar-refractivity contribution < 1.29 is 22.4 Å². The summed E-state index contributed by atoms with van der Waals surface area (Å²) < 4.78 is 33.4. The second-order valence-electron chi connectivity index (χ2n) is 7.73. The first kappa shape index (κ1) is 18.3. The fourth-order valence-corrected chi connectivity index (χ4v) is 5.91. The van der Waals surface area contributed by atoms with Crippen LogP contribution >= 0.6 is 0 Å². The van der Waals surface area contributed by atoms with Gasteiger partial charge in [-0.3, -0.25) is 19.1 Å². The van der Waals surface area contributed by atoms with Gasteiger partial charge in [0.15, 0.2) is 5.58 Å². The van der Waals surface area contributed by atoms with Crippen LogP contribution in [0.15, 0.2) is 44.5 Å². The maximum Gasteiger partial charge on any atom is 0.419 e. The van der Waals surface area contributed by atoms with E-state index in [2.05, 4.69) is 0 Å². The molecule has 2 fully saturated rings. The van der Waals surface area contributed by atoms with Gasteiger partial charge >= 0.3 is 5.76 Å². The first-order valence-corrected chi connectivity index (χ1v) is 10.8. The smallest absolute Gasteiger partial charge is 0.408 e. The molecule has 1 aromatic heterocycles. The summed E-state index contributed by atoms with van der Waals surface area (Å²) in [4.78, 5) is 38.3. The van der Waals surface area contributed by atoms with Gasteiger partial charge in [0.25, 0.3) is 0 Å². The number of oxazole rings is 1. The molecular formula is C19H19N3O6S. The number of carbonyl (C=O) groups excluding carboxylic acids is 2. The lowest BCUT2D eigenvalue weighted by Gasteiger charge is -2.42. The molecule has 2 saturated heterocycles. The predicted octanol–water partition coefficient (Wildman–Crippen LogP) is 0.456. The Hall–Kier alpha value is -2.72. The molecule has 3 aliphatic rings. The summed E-state index contributed by atoms with van der Waals surface area (Å²) in [6, 6.07) is 3.80. The van der Waals surface area contributed by atoms with Gasteiger partial charge in [-0.25, -0.2) is 13.2 Å². The van der Waals surface area contributed by atoms with Crippen molar-refractivity contribution in [3.63, 3.8) is 0 Å². The molecule has 152 valence electrons. The van der Waals surface area contributed by atoms with Crippen LogP contribution in [0.2, 0.25) is 0 Å². The molecule has 0 N–H and O–H groups in total. The third kappa shape index (κ3) is 2.55. The van der Waals surface area contributed by atoms with Crippen LogP contribution in [0, 0.1) is 11.8 Å². The molecule has 0 spiro atoms. The van der Waals surface area contributed by atoms with Gasteiger partial charge in [-0.1, -0.05) is 12.2 Å². The van der Waals surface area contributed by atoms with Crippen molar-refractivity contribution in [2.75, 3.05) is 13.1 Å². The van der Waals surface area contributed by atoms with Crippen LogP contribution in [0.5, 0.6) is 0 Å². The number of imide groups is 1. The number of allylic oxidation sites excluding steroid dienone is 2. The Bertz CT molecular complexity index is 1210. The van der Waals surface area contributed by atoms with Crippen molar-refractivity contribution in [1.82, 2.24) is 13.8 Å². The van der Waals surface area contributed by atoms with E-state index in [0.29, 0.717) is 23.9 Å². The van der Waals surface area contributed by atoms with E-state index in [9.17, 15) is 22.8 Å². The second kappa shape index (κ2) is 6.14. The highest BCUT2D eigenvalue weighted by Crippen LogP contribution is 2.38. The number of hydrogen-bond acceptors (Lipinski definition) is 6. The Morgan fingerprint density at radius 2 is 1.62 bits per heavy atom. The Kier molecular flexibility index (Phi) is 3.88. The highest BCUT2D eigenvalue weighted by Gasteiger charge is 2.53. The lowest BCUT2D eigenvalue weighted by atomic mass is 9.85. The van der Waals surface area contributed by atoms with Crippen molar-refractivity contribution in [2.24, 2.45) is 18.9 Å². The molecule has 2 atom stereocenters. The summed E-state index contributed by atoms with van der Waals surface area (Å²) in [7, 11) is -2.31. The summed E-state index contributed by atoms with van der Waals surface area (Å²) >= 11 is 0. The molecule has 0 saturated carbocycles. The summed E-state index contributed by atoms with van der Waals surface area (Å²) in [5.74, 6) is -1.59. The third-order valence-electron chi connectivity index (χ3n) is 6.14. The van der Waals surface area contributed by atoms with Crippen LogP contribution in [-0.4, -0.2) is 53.1 Å². The molecule has 1 aliphatic carbocycles. The summed E-state index contributed by atoms with van der Waals surface area (Å²) in [5.41, 5.74) is 0.692. The summed E-state index contributed by atoms with van der Waals surface area (Å²) in [6.07, 6.45) is 4.97. The fraction of sp³-hybridized carbons (Fsp3) is 0.421. The quantitative estimate of drug-likeness (QED) is 0.530. The average Bonchev–Trinajstić information content (AvgIpc) is 3.09. The van der Waals surface area contributed by atoms with E-state index >= 15 is 0 Å². The van der Waals surface area contributed by atoms with Crippen LogP contribution < -0.4 is 5.76 Å². The van der Waals surface area contributed by atoms with Crippen LogP contribution in [0.1, 0.15) is 12.8 Å². The Labute approximate surface area is 166 Å². The van der Waals surface area contributed by atoms with E-state index in [1.54, 1.807) is 0 Å². The maximum absolute atomic E-state index is 13.0. The predicted molar refractivity (Wildman–Crippen MR) is 101 cm³/mol. The molecule has 3 heterocycles. The van der Waals surface area contributed by atoms with Gasteiger partial charge in [-0.15, -0.1) is 0 Å². The molecule has 10 heteroatoms. The minimum atomic E-state index is -3.81. The highest BCUT2D eigenvalue weighted by molar-refractivity contribution is 7.89. The van der Waals surface area contributed by atoms with Gasteiger partial charge in [-0.2, -0.15) is 4.31 Å². The number of aryl methyl sites for hydroxylation is 1. The molecule has 29 heavy (non-hydrogen) atoms. The zero-order chi connectivity index (χ0) is 20.5. The molecular weight excluding hydrogens is 398 g/mol. The topological polar surface area (TPSA) is 110 Å². The van der Waals surface area contributed by atoms with E-state index in [1.807, 2.05) is 12.2 Å². The monoisotopic (exact) mass is 417 g/mol. The number of nitrogens with zero attached hydrogens (tertiary/aromatic N) is 3. The van der Waals surface area contributed by atoms with Crippen LogP contribution in [0.3, 0.4) is 0 Å². The number of fused-ring (bicyclic) bond motifs is 2. The number of hydrogen-bond donors (Lipinski definition) is 0. The standard InChI is InChI=1S/C19H19N3O6S/c1-20-15-8-12(6-7-16(15)28-19(20)25)29(26,27)21-9-11(10-21)22-17(23)13-4-2-3-5-14(13)18(22)24/h2-3,6-8,11,13-14H,4-5,9-10H2,1H3/t13-,14+. The Balaban J connectivity index is 1.36. The number of benzene rings is 1. The van der Waals surface area contributed by atoms with Crippen molar-refractivity contribution in [2.45, 2.75) is 23.8 Å². The summed E-state index contributed by atoms with van der Waals surface area (Å²) in [6.45, 7) is 0.157. The lowest BCUT2D eigenvalue weighted by molar-refractivity contribution is -0.145. The minimum Gasteiger partial charge on any atom is -0.408 e. The van der Waals surface area contributed by atoms with E-state index < -0.39 is 21.8 Å². The largest absolute Gasteiger partial charge is 0.419 e. The lowest BCUT2D eigenvalue weighted by Crippen LogP contribution is -2.62. The number of carbonyl (C=O) groups is 2. The molecule has 0 bridgehead atoms. The van der Waals surface area contributed by atoms with E-state index in [0.717, 1.165) is 0 Å². The first-order chi connectivity index (χ1) is 13.8. The summed E-state index contributed by atoms with van der Waals surface area (Å²) in [5, 5.41) is 0. The van der Waals surface area contributed by atoms with E-state index in [4.69, 9.17) is 4.42 Å². The second-order valence-corrected chi connectivity index (χ2v) is 9.67. The molecule has 9 nitrogen and oxygen atoms in total. The Morgan fingerprint density at radius 1 is 1.00 bits per heavy atom. The molecule has 0 radical (unpaired) electrons. The zero-order valence-corrected chi connectivity index (χ0v) is 16.5. The maximum atomic E-state index is 13.0. The fourth-order valence-electron chi connectivity index (χ4n) is 4.38. The minimum absolute atomic E-state index is 0.0387. The molecule has 2 aromatic rings. The Morgan fingerprint density at radius 3 is 2.24 bits per heavy atom. The van der Waals surface area contributed by atoms with E-state index in [-0.39, 0.29) is 41.6 Å². The SMILES string of the molecule is Cn1c(=O)oc2ccc(S(=O)(=O)N3CC(N4C(=O)[C@H]5CC=CC[C@H]5C4=O)C3)cc21. The number of amides is 2. The number of likely N-dealkylation sites (tertiary alicyclic amines) is 1. The third-order valence-corrected chi connectivity index (χ3v) is 7.96. The molecule has 5 rings (SSSR count). The number of aromatic nitrogens is 1. The average molecular weight is 417 g/mol. The molecule has 2 aliphatic heterocycles. The van der Waals surface area contributed by atoms with Crippen LogP contribution in [0.4, 0.5) is 0 Å². The van der Waals surface area contributed by atoms with Crippen LogP contribution in [-0.2, 0) is 26.7 Å². The molecule has 2 amide bonds. The molecule has 1 aromatic carbocycles. The van der Waals surface area contributed by atoms with Crippen molar-refractivity contribution in [3.8, 4) is 0 Å². The van der Waals surface area contributed by atoms with E-state index in [1.165, 1.54) is 39.0 Å². The first-order valence-electron chi connectivity index (χ1n) is 9.40. The van der Waals surface area contributed by atoms with Gasteiger partial charge in [0, 0.05) is 20.1 Å². The van der Waals surface area contributed by atoms with Crippen molar-refractivity contribution >= 4 is 32.9 Å². The highest BCUT2D eigenvalue weighted by atomic mass is 32.2. The van der Waals surface area contributed by atoms with Crippen molar-refractivity contribution in [1.29, 1.82) is 0 Å². The zero-order valence-electron chi connectivity index (χ0n) is 15.6. The van der Waals surface area contributed by atoms with Gasteiger partial charge in [0.2, 0.25) is 21.8 Å². The van der Waals surface area contributed by atoms with Gasteiger partial charge < -0.3 is 4.42 Å². The van der Waals surface area contributed by atoms with Gasteiger partial charge in [-0.05, 0) is 31.0 Å². The normalized spacial score (nSPS) is 25.6. The van der Waals surface area contributed by atoms with Gasteiger partial charge in [0.1, 0.15) is 0 Å². The van der Waals surface area contributed by atoms with Gasteiger partial charge in [0.05, 0.1) is 28.3 Å².